The van der Waals surface area contributed by atoms with Crippen molar-refractivity contribution in [3.05, 3.63) is 65.9 Å². The Balaban J connectivity index is 1.30. The average Bonchev–Trinajstić information content (AvgIpc) is 3.56. The molecule has 0 spiro atoms. The largest absolute Gasteiger partial charge is 0.380 e. The van der Waals surface area contributed by atoms with Gasteiger partial charge in [-0.05, 0) is 60.7 Å². The molecule has 2 aromatic carbocycles. The summed E-state index contributed by atoms with van der Waals surface area (Å²) in [7, 11) is 0. The molecule has 1 aromatic heterocycles. The van der Waals surface area contributed by atoms with Crippen molar-refractivity contribution < 1.29 is 14.7 Å². The SMILES string of the molecule is Cc1cc(-c2ccc3ncccc3c2)ccc1C(=O)N1CCN(C(=O)C2(O)CC2)CC1. The van der Waals surface area contributed by atoms with Gasteiger partial charge in [0.05, 0.1) is 5.52 Å². The van der Waals surface area contributed by atoms with Crippen molar-refractivity contribution >= 4 is 22.7 Å². The first kappa shape index (κ1) is 19.7. The maximum atomic E-state index is 13.1. The van der Waals surface area contributed by atoms with E-state index in [1.165, 1.54) is 0 Å². The van der Waals surface area contributed by atoms with Crippen LogP contribution in [0.5, 0.6) is 0 Å². The number of carbonyl (C=O) groups excluding carboxylic acids is 2. The first-order valence-electron chi connectivity index (χ1n) is 10.7. The van der Waals surface area contributed by atoms with Crippen LogP contribution in [0.4, 0.5) is 0 Å². The monoisotopic (exact) mass is 415 g/mol. The number of hydrogen-bond acceptors (Lipinski definition) is 4. The summed E-state index contributed by atoms with van der Waals surface area (Å²) < 4.78 is 0. The van der Waals surface area contributed by atoms with E-state index in [0.29, 0.717) is 44.6 Å². The van der Waals surface area contributed by atoms with E-state index < -0.39 is 5.60 Å². The number of carbonyl (C=O) groups is 2. The van der Waals surface area contributed by atoms with E-state index in [4.69, 9.17) is 0 Å². The van der Waals surface area contributed by atoms with Gasteiger partial charge in [-0.2, -0.15) is 0 Å². The van der Waals surface area contributed by atoms with Crippen LogP contribution >= 0.6 is 0 Å². The predicted octanol–water partition coefficient (Wildman–Crippen LogP) is 3.02. The molecule has 6 heteroatoms. The van der Waals surface area contributed by atoms with Gasteiger partial charge in [0.2, 0.25) is 0 Å². The van der Waals surface area contributed by atoms with Gasteiger partial charge >= 0.3 is 0 Å². The fraction of sp³-hybridized carbons (Fsp3) is 0.320. The zero-order chi connectivity index (χ0) is 21.6. The van der Waals surface area contributed by atoms with E-state index in [9.17, 15) is 14.7 Å². The van der Waals surface area contributed by atoms with Gasteiger partial charge in [-0.15, -0.1) is 0 Å². The Morgan fingerprint density at radius 2 is 1.61 bits per heavy atom. The summed E-state index contributed by atoms with van der Waals surface area (Å²) >= 11 is 0. The number of rotatable bonds is 3. The van der Waals surface area contributed by atoms with Crippen molar-refractivity contribution in [3.8, 4) is 11.1 Å². The Hall–Kier alpha value is -3.25. The summed E-state index contributed by atoms with van der Waals surface area (Å²) in [6.45, 7) is 3.87. The number of hydrogen-bond donors (Lipinski definition) is 1. The van der Waals surface area contributed by atoms with Crippen LogP contribution in [0.15, 0.2) is 54.7 Å². The third-order valence-corrected chi connectivity index (χ3v) is 6.37. The lowest BCUT2D eigenvalue weighted by atomic mass is 9.98. The van der Waals surface area contributed by atoms with Crippen LogP contribution in [-0.4, -0.2) is 63.5 Å². The minimum atomic E-state index is -1.14. The lowest BCUT2D eigenvalue weighted by molar-refractivity contribution is -0.143. The molecule has 0 atom stereocenters. The van der Waals surface area contributed by atoms with Crippen LogP contribution in [0.1, 0.15) is 28.8 Å². The van der Waals surface area contributed by atoms with Gasteiger partial charge in [0.15, 0.2) is 0 Å². The molecule has 1 aliphatic carbocycles. The third-order valence-electron chi connectivity index (χ3n) is 6.37. The second-order valence-electron chi connectivity index (χ2n) is 8.56. The Kier molecular flexibility index (Phi) is 4.74. The Morgan fingerprint density at radius 1 is 0.935 bits per heavy atom. The molecule has 2 aliphatic rings. The van der Waals surface area contributed by atoms with Crippen molar-refractivity contribution in [2.45, 2.75) is 25.4 Å². The molecule has 3 aromatic rings. The fourth-order valence-corrected chi connectivity index (χ4v) is 4.25. The van der Waals surface area contributed by atoms with Crippen LogP contribution in [-0.2, 0) is 4.79 Å². The highest BCUT2D eigenvalue weighted by atomic mass is 16.3. The van der Waals surface area contributed by atoms with Gasteiger partial charge < -0.3 is 14.9 Å². The topological polar surface area (TPSA) is 73.7 Å². The summed E-state index contributed by atoms with van der Waals surface area (Å²) in [5.41, 5.74) is 3.59. The summed E-state index contributed by atoms with van der Waals surface area (Å²) in [5, 5.41) is 11.1. The molecule has 2 fully saturated rings. The molecular weight excluding hydrogens is 390 g/mol. The number of aryl methyl sites for hydroxylation is 1. The molecule has 1 aliphatic heterocycles. The molecule has 0 unspecified atom stereocenters. The van der Waals surface area contributed by atoms with E-state index in [1.54, 1.807) is 16.0 Å². The molecule has 2 amide bonds. The number of aromatic nitrogens is 1. The van der Waals surface area contributed by atoms with Gasteiger partial charge in [0, 0.05) is 43.3 Å². The third kappa shape index (κ3) is 3.68. The van der Waals surface area contributed by atoms with Gasteiger partial charge in [-0.25, -0.2) is 0 Å². The number of nitrogens with zero attached hydrogens (tertiary/aromatic N) is 3. The fourth-order valence-electron chi connectivity index (χ4n) is 4.25. The number of amides is 2. The molecule has 0 radical (unpaired) electrons. The maximum Gasteiger partial charge on any atom is 0.254 e. The van der Waals surface area contributed by atoms with Crippen molar-refractivity contribution in [2.75, 3.05) is 26.2 Å². The summed E-state index contributed by atoms with van der Waals surface area (Å²) in [4.78, 5) is 33.2. The molecule has 0 bridgehead atoms. The average molecular weight is 415 g/mol. The molecule has 31 heavy (non-hydrogen) atoms. The maximum absolute atomic E-state index is 13.1. The zero-order valence-electron chi connectivity index (χ0n) is 17.5. The quantitative estimate of drug-likeness (QED) is 0.714. The van der Waals surface area contributed by atoms with Gasteiger partial charge in [-0.1, -0.05) is 24.3 Å². The molecule has 1 saturated heterocycles. The van der Waals surface area contributed by atoms with Crippen LogP contribution < -0.4 is 0 Å². The molecule has 6 nitrogen and oxygen atoms in total. The molecule has 1 saturated carbocycles. The predicted molar refractivity (Wildman–Crippen MR) is 119 cm³/mol. The number of benzene rings is 2. The van der Waals surface area contributed by atoms with Crippen molar-refractivity contribution in [1.82, 2.24) is 14.8 Å². The first-order chi connectivity index (χ1) is 14.9. The number of pyridine rings is 1. The van der Waals surface area contributed by atoms with Crippen molar-refractivity contribution in [3.63, 3.8) is 0 Å². The van der Waals surface area contributed by atoms with E-state index in [2.05, 4.69) is 17.1 Å². The van der Waals surface area contributed by atoms with E-state index in [-0.39, 0.29) is 11.8 Å². The molecular formula is C25H25N3O3. The summed E-state index contributed by atoms with van der Waals surface area (Å²) in [6, 6.07) is 16.1. The van der Waals surface area contributed by atoms with Crippen LogP contribution in [0.3, 0.4) is 0 Å². The first-order valence-corrected chi connectivity index (χ1v) is 10.7. The number of piperazine rings is 1. The Morgan fingerprint density at radius 3 is 2.32 bits per heavy atom. The number of aliphatic hydroxyl groups is 1. The van der Waals surface area contributed by atoms with E-state index >= 15 is 0 Å². The number of fused-ring (bicyclic) bond motifs is 1. The minimum Gasteiger partial charge on any atom is -0.380 e. The lowest BCUT2D eigenvalue weighted by Gasteiger charge is -2.36. The van der Waals surface area contributed by atoms with Gasteiger partial charge in [0.1, 0.15) is 5.60 Å². The van der Waals surface area contributed by atoms with E-state index in [0.717, 1.165) is 27.6 Å². The highest BCUT2D eigenvalue weighted by molar-refractivity contribution is 5.97. The molecule has 2 heterocycles. The van der Waals surface area contributed by atoms with Crippen LogP contribution in [0.25, 0.3) is 22.0 Å². The second kappa shape index (κ2) is 7.46. The zero-order valence-corrected chi connectivity index (χ0v) is 17.5. The normalized spacial score (nSPS) is 17.6. The summed E-state index contributed by atoms with van der Waals surface area (Å²) in [6.07, 6.45) is 2.88. The smallest absolute Gasteiger partial charge is 0.254 e. The van der Waals surface area contributed by atoms with Gasteiger partial charge in [0.25, 0.3) is 11.8 Å². The van der Waals surface area contributed by atoms with E-state index in [1.807, 2.05) is 43.3 Å². The van der Waals surface area contributed by atoms with Crippen LogP contribution in [0.2, 0.25) is 0 Å². The highest BCUT2D eigenvalue weighted by Crippen LogP contribution is 2.37. The Labute approximate surface area is 181 Å². The minimum absolute atomic E-state index is 0.0102. The van der Waals surface area contributed by atoms with Crippen molar-refractivity contribution in [2.24, 2.45) is 0 Å². The molecule has 1 N–H and O–H groups in total. The molecule has 5 rings (SSSR count). The standard InChI is InChI=1S/C25H25N3O3/c1-17-15-18(19-5-7-22-20(16-19)3-2-10-26-22)4-6-21(17)23(29)27-11-13-28(14-12-27)24(30)25(31)8-9-25/h2-7,10,15-16,31H,8-9,11-14H2,1H3. The Bertz CT molecular complexity index is 1180. The lowest BCUT2D eigenvalue weighted by Crippen LogP contribution is -2.53. The van der Waals surface area contributed by atoms with Crippen LogP contribution in [0, 0.1) is 6.92 Å². The van der Waals surface area contributed by atoms with Crippen molar-refractivity contribution in [1.29, 1.82) is 0 Å². The highest BCUT2D eigenvalue weighted by Gasteiger charge is 2.50. The second-order valence-corrected chi connectivity index (χ2v) is 8.56. The summed E-state index contributed by atoms with van der Waals surface area (Å²) in [5.74, 6) is -0.199. The molecule has 158 valence electrons. The van der Waals surface area contributed by atoms with Gasteiger partial charge in [-0.3, -0.25) is 14.6 Å².